The van der Waals surface area contributed by atoms with Gasteiger partial charge < -0.3 is 5.73 Å². The number of pyridine rings is 1. The minimum absolute atomic E-state index is 0.170. The number of nitrogens with two attached hydrogens (primary N) is 1. The van der Waals surface area contributed by atoms with Gasteiger partial charge in [0, 0.05) is 17.6 Å². The molecule has 0 aliphatic heterocycles. The molecule has 1 atom stereocenters. The summed E-state index contributed by atoms with van der Waals surface area (Å²) in [7, 11) is 0. The fourth-order valence-electron chi connectivity index (χ4n) is 2.11. The lowest BCUT2D eigenvalue weighted by atomic mass is 10.00. The van der Waals surface area contributed by atoms with Crippen LogP contribution in [0.2, 0.25) is 0 Å². The van der Waals surface area contributed by atoms with Crippen LogP contribution in [0.25, 0.3) is 10.9 Å². The number of hydrogen-bond donors (Lipinski definition) is 1. The first-order chi connectivity index (χ1) is 7.36. The van der Waals surface area contributed by atoms with Gasteiger partial charge in [-0.25, -0.2) is 0 Å². The fraction of sp³-hybridized carbons (Fsp3) is 0.308. The van der Waals surface area contributed by atoms with Crippen molar-refractivity contribution in [3.05, 3.63) is 42.1 Å². The molecule has 2 heteroatoms. The van der Waals surface area contributed by atoms with Crippen molar-refractivity contribution in [2.75, 3.05) is 0 Å². The van der Waals surface area contributed by atoms with Gasteiger partial charge in [0.05, 0.1) is 5.52 Å². The molecule has 1 aliphatic rings. The number of benzene rings is 1. The van der Waals surface area contributed by atoms with Crippen LogP contribution in [-0.4, -0.2) is 4.98 Å². The fourth-order valence-corrected chi connectivity index (χ4v) is 2.11. The van der Waals surface area contributed by atoms with E-state index in [0.717, 1.165) is 5.52 Å². The second-order valence-electron chi connectivity index (χ2n) is 4.29. The van der Waals surface area contributed by atoms with Gasteiger partial charge in [-0.1, -0.05) is 24.3 Å². The van der Waals surface area contributed by atoms with Gasteiger partial charge in [-0.2, -0.15) is 0 Å². The van der Waals surface area contributed by atoms with Crippen LogP contribution >= 0.6 is 0 Å². The van der Waals surface area contributed by atoms with Gasteiger partial charge >= 0.3 is 0 Å². The highest BCUT2D eigenvalue weighted by molar-refractivity contribution is 5.82. The van der Waals surface area contributed by atoms with Gasteiger partial charge in [0.1, 0.15) is 0 Å². The number of nitrogens with zero attached hydrogens (tertiary/aromatic N) is 1. The molecular weight excluding hydrogens is 184 g/mol. The molecule has 1 heterocycles. The van der Waals surface area contributed by atoms with E-state index in [1.54, 1.807) is 0 Å². The average Bonchev–Trinajstić information content (AvgIpc) is 3.11. The van der Waals surface area contributed by atoms with Crippen LogP contribution < -0.4 is 5.73 Å². The average molecular weight is 198 g/mol. The molecular formula is C13H14N2. The Morgan fingerprint density at radius 2 is 2.00 bits per heavy atom. The lowest BCUT2D eigenvalue weighted by Crippen LogP contribution is -2.13. The van der Waals surface area contributed by atoms with E-state index in [1.165, 1.54) is 23.8 Å². The SMILES string of the molecule is N[C@@H](c1cccc2cccnc12)C1CC1. The third-order valence-electron chi connectivity index (χ3n) is 3.15. The van der Waals surface area contributed by atoms with E-state index < -0.39 is 0 Å². The summed E-state index contributed by atoms with van der Waals surface area (Å²) in [6.45, 7) is 0. The molecule has 1 saturated carbocycles. The third-order valence-corrected chi connectivity index (χ3v) is 3.15. The molecule has 15 heavy (non-hydrogen) atoms. The predicted molar refractivity (Wildman–Crippen MR) is 61.4 cm³/mol. The van der Waals surface area contributed by atoms with E-state index in [-0.39, 0.29) is 6.04 Å². The van der Waals surface area contributed by atoms with Gasteiger partial charge in [-0.15, -0.1) is 0 Å². The van der Waals surface area contributed by atoms with E-state index in [9.17, 15) is 0 Å². The van der Waals surface area contributed by atoms with Crippen molar-refractivity contribution in [3.8, 4) is 0 Å². The van der Waals surface area contributed by atoms with E-state index >= 15 is 0 Å². The molecule has 0 spiro atoms. The maximum atomic E-state index is 6.23. The highest BCUT2D eigenvalue weighted by atomic mass is 14.7. The Balaban J connectivity index is 2.16. The molecule has 0 unspecified atom stereocenters. The normalized spacial score (nSPS) is 17.9. The van der Waals surface area contributed by atoms with Crippen LogP contribution in [0.3, 0.4) is 0 Å². The van der Waals surface area contributed by atoms with E-state index in [2.05, 4.69) is 29.2 Å². The number of para-hydroxylation sites is 1. The summed E-state index contributed by atoms with van der Waals surface area (Å²) in [5.41, 5.74) is 8.50. The Morgan fingerprint density at radius 1 is 1.20 bits per heavy atom. The van der Waals surface area contributed by atoms with Crippen molar-refractivity contribution in [2.45, 2.75) is 18.9 Å². The smallest absolute Gasteiger partial charge is 0.0749 e. The molecule has 0 bridgehead atoms. The molecule has 76 valence electrons. The summed E-state index contributed by atoms with van der Waals surface area (Å²) in [5, 5.41) is 1.19. The molecule has 2 nitrogen and oxygen atoms in total. The van der Waals surface area contributed by atoms with Crippen LogP contribution in [0.15, 0.2) is 36.5 Å². The van der Waals surface area contributed by atoms with Crippen LogP contribution in [0, 0.1) is 5.92 Å². The van der Waals surface area contributed by atoms with E-state index in [0.29, 0.717) is 5.92 Å². The number of aromatic nitrogens is 1. The van der Waals surface area contributed by atoms with Crippen molar-refractivity contribution in [2.24, 2.45) is 11.7 Å². The van der Waals surface area contributed by atoms with Crippen LogP contribution in [-0.2, 0) is 0 Å². The van der Waals surface area contributed by atoms with Gasteiger partial charge in [0.25, 0.3) is 0 Å². The molecule has 1 fully saturated rings. The van der Waals surface area contributed by atoms with E-state index in [1.807, 2.05) is 12.3 Å². The maximum Gasteiger partial charge on any atom is 0.0749 e. The largest absolute Gasteiger partial charge is 0.324 e. The summed E-state index contributed by atoms with van der Waals surface area (Å²) in [6.07, 6.45) is 4.38. The van der Waals surface area contributed by atoms with E-state index in [4.69, 9.17) is 5.73 Å². The Bertz CT molecular complexity index is 483. The standard InChI is InChI=1S/C13H14N2/c14-12(9-6-7-9)11-5-1-3-10-4-2-8-15-13(10)11/h1-5,8-9,12H,6-7,14H2/t12-/m1/s1. The topological polar surface area (TPSA) is 38.9 Å². The van der Waals surface area contributed by atoms with Gasteiger partial charge in [0.15, 0.2) is 0 Å². The molecule has 0 amide bonds. The lowest BCUT2D eigenvalue weighted by Gasteiger charge is -2.12. The zero-order valence-corrected chi connectivity index (χ0v) is 8.56. The number of fused-ring (bicyclic) bond motifs is 1. The molecule has 0 radical (unpaired) electrons. The molecule has 3 rings (SSSR count). The second kappa shape index (κ2) is 3.31. The minimum Gasteiger partial charge on any atom is -0.324 e. The first-order valence-electron chi connectivity index (χ1n) is 5.45. The maximum absolute atomic E-state index is 6.23. The van der Waals surface area contributed by atoms with Crippen molar-refractivity contribution >= 4 is 10.9 Å². The Morgan fingerprint density at radius 3 is 2.80 bits per heavy atom. The highest BCUT2D eigenvalue weighted by Gasteiger charge is 2.30. The summed E-state index contributed by atoms with van der Waals surface area (Å²) in [4.78, 5) is 4.43. The minimum atomic E-state index is 0.170. The summed E-state index contributed by atoms with van der Waals surface area (Å²) < 4.78 is 0. The van der Waals surface area contributed by atoms with Crippen LogP contribution in [0.4, 0.5) is 0 Å². The summed E-state index contributed by atoms with van der Waals surface area (Å²) in [6, 6.07) is 10.5. The highest BCUT2D eigenvalue weighted by Crippen LogP contribution is 2.40. The van der Waals surface area contributed by atoms with Gasteiger partial charge in [-0.05, 0) is 30.4 Å². The third kappa shape index (κ3) is 1.51. The Hall–Kier alpha value is -1.41. The van der Waals surface area contributed by atoms with Gasteiger partial charge in [0.2, 0.25) is 0 Å². The molecule has 0 saturated heterocycles. The van der Waals surface area contributed by atoms with Crippen LogP contribution in [0.1, 0.15) is 24.4 Å². The Labute approximate surface area is 89.1 Å². The van der Waals surface area contributed by atoms with Gasteiger partial charge in [-0.3, -0.25) is 4.98 Å². The summed E-state index contributed by atoms with van der Waals surface area (Å²) in [5.74, 6) is 0.678. The summed E-state index contributed by atoms with van der Waals surface area (Å²) >= 11 is 0. The first kappa shape index (κ1) is 8.86. The molecule has 2 N–H and O–H groups in total. The monoisotopic (exact) mass is 198 g/mol. The number of rotatable bonds is 2. The van der Waals surface area contributed by atoms with Crippen molar-refractivity contribution < 1.29 is 0 Å². The zero-order chi connectivity index (χ0) is 10.3. The second-order valence-corrected chi connectivity index (χ2v) is 4.29. The molecule has 1 aromatic carbocycles. The Kier molecular flexibility index (Phi) is 1.96. The molecule has 1 aliphatic carbocycles. The quantitative estimate of drug-likeness (QED) is 0.805. The van der Waals surface area contributed by atoms with Crippen molar-refractivity contribution in [3.63, 3.8) is 0 Å². The molecule has 2 aromatic rings. The zero-order valence-electron chi connectivity index (χ0n) is 8.56. The van der Waals surface area contributed by atoms with Crippen molar-refractivity contribution in [1.82, 2.24) is 4.98 Å². The van der Waals surface area contributed by atoms with Crippen LogP contribution in [0.5, 0.6) is 0 Å². The molecule has 1 aromatic heterocycles. The predicted octanol–water partition coefficient (Wildman–Crippen LogP) is 2.64. The first-order valence-corrected chi connectivity index (χ1v) is 5.45. The van der Waals surface area contributed by atoms with Crippen molar-refractivity contribution in [1.29, 1.82) is 0 Å². The number of hydrogen-bond acceptors (Lipinski definition) is 2. The lowest BCUT2D eigenvalue weighted by molar-refractivity contribution is 0.637.